The molecular weight excluding hydrogens is 364 g/mol. The Balaban J connectivity index is 2.11. The Labute approximate surface area is 161 Å². The zero-order chi connectivity index (χ0) is 20.0. The smallest absolute Gasteiger partial charge is 0.241 e. The average Bonchev–Trinajstić information content (AvgIpc) is 2.60. The number of carbonyl (C=O) groups is 1. The summed E-state index contributed by atoms with van der Waals surface area (Å²) in [6.07, 6.45) is 1.10. The third-order valence-electron chi connectivity index (χ3n) is 4.02. The van der Waals surface area contributed by atoms with E-state index < -0.39 is 10.0 Å². The predicted octanol–water partition coefficient (Wildman–Crippen LogP) is 2.78. The van der Waals surface area contributed by atoms with Gasteiger partial charge in [0.05, 0.1) is 18.6 Å². The van der Waals surface area contributed by atoms with Crippen molar-refractivity contribution < 1.29 is 17.9 Å². The lowest BCUT2D eigenvalue weighted by molar-refractivity contribution is -0.119. The molecule has 0 bridgehead atoms. The number of sulfonamides is 1. The number of amides is 1. The number of nitrogens with one attached hydrogen (secondary N) is 1. The van der Waals surface area contributed by atoms with Gasteiger partial charge in [0, 0.05) is 6.54 Å². The first-order chi connectivity index (χ1) is 12.7. The summed E-state index contributed by atoms with van der Waals surface area (Å²) >= 11 is 0. The number of rotatable bonds is 8. The number of ether oxygens (including phenoxy) is 1. The highest BCUT2D eigenvalue weighted by atomic mass is 32.2. The molecule has 146 valence electrons. The van der Waals surface area contributed by atoms with Gasteiger partial charge >= 0.3 is 0 Å². The lowest BCUT2D eigenvalue weighted by Gasteiger charge is -2.24. The molecule has 0 saturated heterocycles. The van der Waals surface area contributed by atoms with Crippen molar-refractivity contribution in [3.8, 4) is 5.75 Å². The molecule has 0 atom stereocenters. The van der Waals surface area contributed by atoms with Crippen molar-refractivity contribution in [2.45, 2.75) is 27.3 Å². The maximum atomic E-state index is 12.4. The van der Waals surface area contributed by atoms with Crippen LogP contribution in [0.15, 0.2) is 42.5 Å². The topological polar surface area (TPSA) is 75.7 Å². The molecule has 0 radical (unpaired) electrons. The molecule has 0 heterocycles. The summed E-state index contributed by atoms with van der Waals surface area (Å²) in [5.74, 6) is 0.362. The summed E-state index contributed by atoms with van der Waals surface area (Å²) in [7, 11) is -3.60. The minimum atomic E-state index is -3.60. The van der Waals surface area contributed by atoms with E-state index in [1.165, 1.54) is 0 Å². The standard InChI is InChI=1S/C20H26N2O4S/c1-5-26-18-8-6-7-17(12-18)13-21-20(23)14-22(27(4,24)25)19-11-15(2)9-10-16(19)3/h6-12H,5,13-14H2,1-4H3,(H,21,23). The molecule has 0 unspecified atom stereocenters. The number of nitrogens with zero attached hydrogens (tertiary/aromatic N) is 1. The number of hydrogen-bond donors (Lipinski definition) is 1. The van der Waals surface area contributed by atoms with Crippen LogP contribution < -0.4 is 14.4 Å². The van der Waals surface area contributed by atoms with Gasteiger partial charge in [-0.1, -0.05) is 24.3 Å². The van der Waals surface area contributed by atoms with Crippen LogP contribution in [-0.4, -0.2) is 33.7 Å². The number of carbonyl (C=O) groups excluding carboxylic acids is 1. The molecule has 1 N–H and O–H groups in total. The SMILES string of the molecule is CCOc1cccc(CNC(=O)CN(c2cc(C)ccc2C)S(C)(=O)=O)c1. The van der Waals surface area contributed by atoms with Crippen molar-refractivity contribution in [1.82, 2.24) is 5.32 Å². The molecule has 0 saturated carbocycles. The summed E-state index contributed by atoms with van der Waals surface area (Å²) in [4.78, 5) is 12.4. The Morgan fingerprint density at radius 3 is 2.56 bits per heavy atom. The second-order valence-electron chi connectivity index (χ2n) is 6.42. The molecular formula is C20H26N2O4S. The van der Waals surface area contributed by atoms with Crippen LogP contribution in [0.2, 0.25) is 0 Å². The molecule has 0 aromatic heterocycles. The first-order valence-corrected chi connectivity index (χ1v) is 10.6. The minimum absolute atomic E-state index is 0.270. The normalized spacial score (nSPS) is 11.1. The van der Waals surface area contributed by atoms with E-state index in [-0.39, 0.29) is 12.5 Å². The molecule has 0 aliphatic heterocycles. The van der Waals surface area contributed by atoms with E-state index in [2.05, 4.69) is 5.32 Å². The second-order valence-corrected chi connectivity index (χ2v) is 8.32. The number of anilines is 1. The van der Waals surface area contributed by atoms with Gasteiger partial charge in [-0.2, -0.15) is 0 Å². The lowest BCUT2D eigenvalue weighted by Crippen LogP contribution is -2.40. The van der Waals surface area contributed by atoms with Gasteiger partial charge in [0.2, 0.25) is 15.9 Å². The minimum Gasteiger partial charge on any atom is -0.494 e. The Kier molecular flexibility index (Phi) is 6.85. The molecule has 0 aliphatic carbocycles. The fraction of sp³-hybridized carbons (Fsp3) is 0.350. The van der Waals surface area contributed by atoms with E-state index in [0.29, 0.717) is 18.8 Å². The van der Waals surface area contributed by atoms with Crippen molar-refractivity contribution in [3.63, 3.8) is 0 Å². The average molecular weight is 391 g/mol. The highest BCUT2D eigenvalue weighted by Crippen LogP contribution is 2.23. The van der Waals surface area contributed by atoms with E-state index in [1.54, 1.807) is 6.07 Å². The van der Waals surface area contributed by atoms with Crippen LogP contribution in [0.1, 0.15) is 23.6 Å². The summed E-state index contributed by atoms with van der Waals surface area (Å²) in [6.45, 7) is 6.20. The van der Waals surface area contributed by atoms with Crippen LogP contribution in [0, 0.1) is 13.8 Å². The van der Waals surface area contributed by atoms with Crippen molar-refractivity contribution in [2.75, 3.05) is 23.7 Å². The van der Waals surface area contributed by atoms with Crippen LogP contribution in [0.5, 0.6) is 5.75 Å². The van der Waals surface area contributed by atoms with Crippen molar-refractivity contribution in [2.24, 2.45) is 0 Å². The summed E-state index contributed by atoms with van der Waals surface area (Å²) < 4.78 is 31.1. The molecule has 2 aromatic carbocycles. The van der Waals surface area contributed by atoms with Gasteiger partial charge in [-0.15, -0.1) is 0 Å². The first kappa shape index (κ1) is 20.8. The lowest BCUT2D eigenvalue weighted by atomic mass is 10.1. The molecule has 0 aliphatic rings. The number of benzene rings is 2. The van der Waals surface area contributed by atoms with Gasteiger partial charge in [-0.3, -0.25) is 9.10 Å². The molecule has 0 spiro atoms. The van der Waals surface area contributed by atoms with Gasteiger partial charge in [0.25, 0.3) is 0 Å². The molecule has 1 amide bonds. The van der Waals surface area contributed by atoms with Crippen LogP contribution in [0.25, 0.3) is 0 Å². The third kappa shape index (κ3) is 5.99. The quantitative estimate of drug-likeness (QED) is 0.752. The Morgan fingerprint density at radius 1 is 1.15 bits per heavy atom. The van der Waals surface area contributed by atoms with Gasteiger partial charge in [0.15, 0.2) is 0 Å². The van der Waals surface area contributed by atoms with E-state index in [1.807, 2.05) is 57.2 Å². The molecule has 0 fully saturated rings. The highest BCUT2D eigenvalue weighted by molar-refractivity contribution is 7.92. The van der Waals surface area contributed by atoms with Crippen molar-refractivity contribution in [3.05, 3.63) is 59.2 Å². The third-order valence-corrected chi connectivity index (χ3v) is 5.15. The predicted molar refractivity (Wildman–Crippen MR) is 108 cm³/mol. The Bertz CT molecular complexity index is 910. The van der Waals surface area contributed by atoms with E-state index in [0.717, 1.165) is 33.0 Å². The zero-order valence-corrected chi connectivity index (χ0v) is 17.0. The fourth-order valence-corrected chi connectivity index (χ4v) is 3.57. The first-order valence-electron chi connectivity index (χ1n) is 8.74. The van der Waals surface area contributed by atoms with Gasteiger partial charge < -0.3 is 10.1 Å². The van der Waals surface area contributed by atoms with Crippen molar-refractivity contribution in [1.29, 1.82) is 0 Å². The number of aryl methyl sites for hydroxylation is 2. The van der Waals surface area contributed by atoms with Crippen LogP contribution >= 0.6 is 0 Å². The van der Waals surface area contributed by atoms with Gasteiger partial charge in [0.1, 0.15) is 12.3 Å². The summed E-state index contributed by atoms with van der Waals surface area (Å²) in [5.41, 5.74) is 3.12. The summed E-state index contributed by atoms with van der Waals surface area (Å²) in [6, 6.07) is 13.0. The van der Waals surface area contributed by atoms with Crippen LogP contribution in [-0.2, 0) is 21.4 Å². The van der Waals surface area contributed by atoms with Gasteiger partial charge in [-0.05, 0) is 55.7 Å². The molecule has 2 rings (SSSR count). The largest absolute Gasteiger partial charge is 0.494 e. The van der Waals surface area contributed by atoms with Crippen molar-refractivity contribution >= 4 is 21.6 Å². The van der Waals surface area contributed by atoms with E-state index >= 15 is 0 Å². The Morgan fingerprint density at radius 2 is 1.89 bits per heavy atom. The molecule has 6 nitrogen and oxygen atoms in total. The highest BCUT2D eigenvalue weighted by Gasteiger charge is 2.22. The molecule has 2 aromatic rings. The maximum Gasteiger partial charge on any atom is 0.241 e. The zero-order valence-electron chi connectivity index (χ0n) is 16.2. The fourth-order valence-electron chi connectivity index (χ4n) is 2.67. The van der Waals surface area contributed by atoms with Gasteiger partial charge in [-0.25, -0.2) is 8.42 Å². The molecule has 27 heavy (non-hydrogen) atoms. The van der Waals surface area contributed by atoms with E-state index in [4.69, 9.17) is 4.74 Å². The Hall–Kier alpha value is -2.54. The number of hydrogen-bond acceptors (Lipinski definition) is 4. The monoisotopic (exact) mass is 390 g/mol. The molecule has 7 heteroatoms. The summed E-state index contributed by atoms with van der Waals surface area (Å²) in [5, 5.41) is 2.77. The van der Waals surface area contributed by atoms with E-state index in [9.17, 15) is 13.2 Å². The van der Waals surface area contributed by atoms with Crippen LogP contribution in [0.3, 0.4) is 0 Å². The second kappa shape index (κ2) is 8.90. The maximum absolute atomic E-state index is 12.4. The van der Waals surface area contributed by atoms with Crippen LogP contribution in [0.4, 0.5) is 5.69 Å².